The lowest BCUT2D eigenvalue weighted by Crippen LogP contribution is -2.32. The van der Waals surface area contributed by atoms with E-state index in [1.807, 2.05) is 0 Å². The highest BCUT2D eigenvalue weighted by atomic mass is 32.2. The number of methoxy groups -OCH3 is 2. The molecule has 1 fully saturated rings. The highest BCUT2D eigenvalue weighted by Crippen LogP contribution is 2.26. The van der Waals surface area contributed by atoms with Crippen molar-refractivity contribution in [2.75, 3.05) is 31.0 Å². The minimum atomic E-state index is -3.19. The minimum absolute atomic E-state index is 0.0308. The summed E-state index contributed by atoms with van der Waals surface area (Å²) >= 11 is 0. The number of nitrogens with one attached hydrogen (secondary N) is 1. The van der Waals surface area contributed by atoms with Gasteiger partial charge in [0.15, 0.2) is 15.9 Å². The van der Waals surface area contributed by atoms with Crippen LogP contribution in [0.15, 0.2) is 18.2 Å². The van der Waals surface area contributed by atoms with E-state index in [2.05, 4.69) is 5.32 Å². The van der Waals surface area contributed by atoms with Crippen molar-refractivity contribution in [1.29, 1.82) is 0 Å². The summed E-state index contributed by atoms with van der Waals surface area (Å²) in [5.74, 6) is -1.19. The van der Waals surface area contributed by atoms with E-state index in [4.69, 9.17) is 14.2 Å². The van der Waals surface area contributed by atoms with Crippen LogP contribution in [0.2, 0.25) is 0 Å². The molecule has 138 valence electrons. The lowest BCUT2D eigenvalue weighted by molar-refractivity contribution is -0.156. The number of ether oxygens (including phenoxy) is 3. The van der Waals surface area contributed by atoms with Gasteiger partial charge in [0.05, 0.1) is 31.6 Å². The second-order valence-corrected chi connectivity index (χ2v) is 8.00. The van der Waals surface area contributed by atoms with Crippen LogP contribution in [0.5, 0.6) is 11.5 Å². The Bertz CT molecular complexity index is 737. The second kappa shape index (κ2) is 7.73. The molecule has 1 heterocycles. The molecule has 8 nitrogen and oxygen atoms in total. The van der Waals surface area contributed by atoms with E-state index in [0.717, 1.165) is 0 Å². The number of sulfone groups is 1. The van der Waals surface area contributed by atoms with Gasteiger partial charge in [-0.25, -0.2) is 8.42 Å². The third kappa shape index (κ3) is 5.09. The van der Waals surface area contributed by atoms with E-state index >= 15 is 0 Å². The molecule has 1 aliphatic rings. The average Bonchev–Trinajstić information content (AvgIpc) is 2.94. The zero-order valence-electron chi connectivity index (χ0n) is 14.3. The lowest BCUT2D eigenvalue weighted by Gasteiger charge is -2.16. The van der Waals surface area contributed by atoms with Gasteiger partial charge in [-0.05, 0) is 13.3 Å². The van der Waals surface area contributed by atoms with E-state index in [9.17, 15) is 18.0 Å². The maximum Gasteiger partial charge on any atom is 0.310 e. The quantitative estimate of drug-likeness (QED) is 0.744. The third-order valence-corrected chi connectivity index (χ3v) is 5.61. The molecular formula is C16H21NO7S. The summed E-state index contributed by atoms with van der Waals surface area (Å²) in [7, 11) is -0.217. The first-order chi connectivity index (χ1) is 11.7. The Balaban J connectivity index is 1.97. The SMILES string of the molecule is COc1cc(NC(=O)[C@@H](C)OC(=O)[C@H]2CCS(=O)(=O)C2)cc(OC)c1. The summed E-state index contributed by atoms with van der Waals surface area (Å²) in [6, 6.07) is 4.84. The van der Waals surface area contributed by atoms with Crippen molar-refractivity contribution in [3.05, 3.63) is 18.2 Å². The normalized spacial score (nSPS) is 19.7. The van der Waals surface area contributed by atoms with Crippen LogP contribution in [0.1, 0.15) is 13.3 Å². The standard InChI is InChI=1S/C16H21NO7S/c1-10(24-16(19)11-4-5-25(20,21)9-11)15(18)17-12-6-13(22-2)8-14(7-12)23-3/h6-8,10-11H,4-5,9H2,1-3H3,(H,17,18)/t10-,11+/m1/s1. The van der Waals surface area contributed by atoms with Gasteiger partial charge < -0.3 is 19.5 Å². The van der Waals surface area contributed by atoms with Gasteiger partial charge in [-0.1, -0.05) is 0 Å². The first-order valence-electron chi connectivity index (χ1n) is 7.69. The van der Waals surface area contributed by atoms with Crippen LogP contribution >= 0.6 is 0 Å². The monoisotopic (exact) mass is 371 g/mol. The van der Waals surface area contributed by atoms with Gasteiger partial charge in [-0.15, -0.1) is 0 Å². The molecule has 1 aliphatic heterocycles. The smallest absolute Gasteiger partial charge is 0.310 e. The van der Waals surface area contributed by atoms with Crippen LogP contribution in [-0.4, -0.2) is 52.1 Å². The van der Waals surface area contributed by atoms with Crippen molar-refractivity contribution in [3.8, 4) is 11.5 Å². The van der Waals surface area contributed by atoms with Gasteiger partial charge in [-0.3, -0.25) is 9.59 Å². The minimum Gasteiger partial charge on any atom is -0.497 e. The Labute approximate surface area is 146 Å². The van der Waals surface area contributed by atoms with E-state index in [-0.39, 0.29) is 17.9 Å². The third-order valence-electron chi connectivity index (χ3n) is 3.85. The molecule has 2 rings (SSSR count). The Morgan fingerprint density at radius 3 is 2.24 bits per heavy atom. The van der Waals surface area contributed by atoms with Gasteiger partial charge in [-0.2, -0.15) is 0 Å². The highest BCUT2D eigenvalue weighted by Gasteiger charge is 2.35. The first-order valence-corrected chi connectivity index (χ1v) is 9.51. The summed E-state index contributed by atoms with van der Waals surface area (Å²) < 4.78 is 38.2. The molecule has 2 atom stereocenters. The number of esters is 1. The van der Waals surface area contributed by atoms with Crippen LogP contribution < -0.4 is 14.8 Å². The lowest BCUT2D eigenvalue weighted by atomic mass is 10.1. The number of hydrogen-bond donors (Lipinski definition) is 1. The number of benzene rings is 1. The van der Waals surface area contributed by atoms with Gasteiger partial charge >= 0.3 is 5.97 Å². The number of hydrogen-bond acceptors (Lipinski definition) is 7. The summed E-state index contributed by atoms with van der Waals surface area (Å²) in [5, 5.41) is 2.61. The van der Waals surface area contributed by atoms with Crippen LogP contribution in [0.3, 0.4) is 0 Å². The van der Waals surface area contributed by atoms with Gasteiger partial charge in [0.2, 0.25) is 0 Å². The zero-order valence-corrected chi connectivity index (χ0v) is 15.1. The summed E-state index contributed by atoms with van der Waals surface area (Å²) in [5.41, 5.74) is 0.424. The molecule has 1 amide bonds. The molecule has 9 heteroatoms. The predicted octanol–water partition coefficient (Wildman–Crippen LogP) is 1.01. The molecule has 1 N–H and O–H groups in total. The maximum absolute atomic E-state index is 12.2. The van der Waals surface area contributed by atoms with Crippen molar-refractivity contribution in [1.82, 2.24) is 0 Å². The fourth-order valence-electron chi connectivity index (χ4n) is 2.43. The number of amides is 1. The number of carbonyl (C=O) groups is 2. The number of anilines is 1. The van der Waals surface area contributed by atoms with Crippen molar-refractivity contribution in [3.63, 3.8) is 0 Å². The molecule has 1 aromatic rings. The first kappa shape index (κ1) is 19.0. The predicted molar refractivity (Wildman–Crippen MR) is 90.5 cm³/mol. The summed E-state index contributed by atoms with van der Waals surface area (Å²) in [6.07, 6.45) is -0.837. The fraction of sp³-hybridized carbons (Fsp3) is 0.500. The molecule has 0 unspecified atom stereocenters. The molecule has 25 heavy (non-hydrogen) atoms. The molecule has 1 saturated heterocycles. The molecule has 0 aliphatic carbocycles. The largest absolute Gasteiger partial charge is 0.497 e. The zero-order chi connectivity index (χ0) is 18.6. The summed E-state index contributed by atoms with van der Waals surface area (Å²) in [6.45, 7) is 1.42. The van der Waals surface area contributed by atoms with Gasteiger partial charge in [0, 0.05) is 23.9 Å². The Hall–Kier alpha value is -2.29. The van der Waals surface area contributed by atoms with Crippen LogP contribution in [0, 0.1) is 5.92 Å². The molecule has 0 bridgehead atoms. The van der Waals surface area contributed by atoms with E-state index in [1.165, 1.54) is 21.1 Å². The second-order valence-electron chi connectivity index (χ2n) is 5.77. The van der Waals surface area contributed by atoms with Crippen molar-refractivity contribution < 1.29 is 32.2 Å². The highest BCUT2D eigenvalue weighted by molar-refractivity contribution is 7.91. The van der Waals surface area contributed by atoms with Gasteiger partial charge in [0.25, 0.3) is 5.91 Å². The molecule has 0 aromatic heterocycles. The van der Waals surface area contributed by atoms with E-state index in [0.29, 0.717) is 17.2 Å². The van der Waals surface area contributed by atoms with Gasteiger partial charge in [0.1, 0.15) is 11.5 Å². The number of rotatable bonds is 6. The average molecular weight is 371 g/mol. The molecule has 0 radical (unpaired) electrons. The topological polar surface area (TPSA) is 108 Å². The molecule has 0 saturated carbocycles. The van der Waals surface area contributed by atoms with Crippen molar-refractivity contribution >= 4 is 27.4 Å². The summed E-state index contributed by atoms with van der Waals surface area (Å²) in [4.78, 5) is 24.2. The van der Waals surface area contributed by atoms with Crippen LogP contribution in [-0.2, 0) is 24.2 Å². The van der Waals surface area contributed by atoms with Crippen molar-refractivity contribution in [2.24, 2.45) is 5.92 Å². The Morgan fingerprint density at radius 1 is 1.16 bits per heavy atom. The molecule has 0 spiro atoms. The van der Waals surface area contributed by atoms with Crippen molar-refractivity contribution in [2.45, 2.75) is 19.4 Å². The van der Waals surface area contributed by atoms with Crippen LogP contribution in [0.25, 0.3) is 0 Å². The van der Waals surface area contributed by atoms with Crippen LogP contribution in [0.4, 0.5) is 5.69 Å². The maximum atomic E-state index is 12.2. The fourth-order valence-corrected chi connectivity index (χ4v) is 4.15. The van der Waals surface area contributed by atoms with E-state index in [1.54, 1.807) is 18.2 Å². The Kier molecular flexibility index (Phi) is 5.89. The number of carbonyl (C=O) groups excluding carboxylic acids is 2. The molecule has 1 aromatic carbocycles. The Morgan fingerprint density at radius 2 is 1.76 bits per heavy atom. The van der Waals surface area contributed by atoms with E-state index < -0.39 is 33.7 Å². The molecular weight excluding hydrogens is 350 g/mol.